The maximum atomic E-state index is 6.09. The second kappa shape index (κ2) is 5.34. The van der Waals surface area contributed by atoms with Crippen molar-refractivity contribution in [2.24, 2.45) is 0 Å². The number of aryl methyl sites for hydroxylation is 1. The van der Waals surface area contributed by atoms with E-state index >= 15 is 0 Å². The first-order chi connectivity index (χ1) is 8.20. The summed E-state index contributed by atoms with van der Waals surface area (Å²) in [5.74, 6) is 0.834. The molecular formula is C13H16ClN3. The summed E-state index contributed by atoms with van der Waals surface area (Å²) in [6.07, 6.45) is 0.855. The Morgan fingerprint density at radius 3 is 2.65 bits per heavy atom. The van der Waals surface area contributed by atoms with Crippen LogP contribution < -0.4 is 5.32 Å². The zero-order valence-electron chi connectivity index (χ0n) is 10.0. The molecule has 0 aliphatic rings. The predicted octanol–water partition coefficient (Wildman–Crippen LogP) is 2.80. The Morgan fingerprint density at radius 2 is 2.00 bits per heavy atom. The molecule has 0 amide bonds. The molecule has 0 unspecified atom stereocenters. The number of aromatic nitrogens is 2. The minimum atomic E-state index is 0.566. The lowest BCUT2D eigenvalue weighted by atomic mass is 10.1. The fraction of sp³-hybridized carbons (Fsp3) is 0.308. The Bertz CT molecular complexity index is 488. The van der Waals surface area contributed by atoms with Crippen molar-refractivity contribution in [1.29, 1.82) is 0 Å². The van der Waals surface area contributed by atoms with Crippen molar-refractivity contribution in [2.45, 2.75) is 13.3 Å². The van der Waals surface area contributed by atoms with Gasteiger partial charge in [-0.05, 0) is 14.0 Å². The summed E-state index contributed by atoms with van der Waals surface area (Å²) in [6, 6.07) is 8.23. The van der Waals surface area contributed by atoms with Gasteiger partial charge in [-0.2, -0.15) is 0 Å². The van der Waals surface area contributed by atoms with Crippen molar-refractivity contribution in [3.8, 4) is 11.4 Å². The number of aromatic amines is 1. The molecule has 0 radical (unpaired) electrons. The van der Waals surface area contributed by atoms with Gasteiger partial charge in [-0.15, -0.1) is 0 Å². The molecule has 17 heavy (non-hydrogen) atoms. The third-order valence-electron chi connectivity index (χ3n) is 2.68. The van der Waals surface area contributed by atoms with Gasteiger partial charge in [0.05, 0.1) is 5.69 Å². The molecule has 90 valence electrons. The number of hydrogen-bond acceptors (Lipinski definition) is 2. The van der Waals surface area contributed by atoms with Crippen molar-refractivity contribution < 1.29 is 0 Å². The number of nitrogens with zero attached hydrogens (tertiary/aromatic N) is 1. The topological polar surface area (TPSA) is 40.7 Å². The molecule has 0 aliphatic heterocycles. The number of imidazole rings is 1. The molecule has 3 nitrogen and oxygen atoms in total. The van der Waals surface area contributed by atoms with Crippen LogP contribution in [-0.4, -0.2) is 23.6 Å². The van der Waals surface area contributed by atoms with Gasteiger partial charge in [-0.3, -0.25) is 0 Å². The van der Waals surface area contributed by atoms with Gasteiger partial charge in [-0.1, -0.05) is 41.4 Å². The highest BCUT2D eigenvalue weighted by Gasteiger charge is 2.08. The molecule has 2 aromatic rings. The van der Waals surface area contributed by atoms with Gasteiger partial charge in [0.15, 0.2) is 5.15 Å². The maximum absolute atomic E-state index is 6.09. The number of H-pyrrole nitrogens is 1. The second-order valence-corrected chi connectivity index (χ2v) is 4.43. The van der Waals surface area contributed by atoms with Crippen LogP contribution in [0.15, 0.2) is 24.3 Å². The molecule has 0 saturated carbocycles. The fourth-order valence-corrected chi connectivity index (χ4v) is 1.88. The van der Waals surface area contributed by atoms with E-state index < -0.39 is 0 Å². The van der Waals surface area contributed by atoms with Crippen molar-refractivity contribution >= 4 is 11.6 Å². The van der Waals surface area contributed by atoms with Gasteiger partial charge in [0.25, 0.3) is 0 Å². The lowest BCUT2D eigenvalue weighted by Gasteiger charge is -1.98. The molecule has 1 aromatic heterocycles. The molecule has 0 aliphatic carbocycles. The molecule has 0 fully saturated rings. The first kappa shape index (κ1) is 12.1. The van der Waals surface area contributed by atoms with E-state index in [2.05, 4.69) is 34.3 Å². The molecule has 0 spiro atoms. The van der Waals surface area contributed by atoms with Crippen LogP contribution >= 0.6 is 11.6 Å². The second-order valence-electron chi connectivity index (χ2n) is 4.07. The van der Waals surface area contributed by atoms with Gasteiger partial charge < -0.3 is 10.3 Å². The number of rotatable bonds is 4. The summed E-state index contributed by atoms with van der Waals surface area (Å²) in [5.41, 5.74) is 3.28. The molecule has 0 saturated heterocycles. The summed E-state index contributed by atoms with van der Waals surface area (Å²) in [7, 11) is 1.92. The van der Waals surface area contributed by atoms with Gasteiger partial charge in [0.1, 0.15) is 5.82 Å². The smallest absolute Gasteiger partial charge is 0.150 e. The molecule has 0 atom stereocenters. The minimum Gasteiger partial charge on any atom is -0.341 e. The summed E-state index contributed by atoms with van der Waals surface area (Å²) in [5, 5.41) is 3.66. The minimum absolute atomic E-state index is 0.566. The number of benzene rings is 1. The van der Waals surface area contributed by atoms with Crippen LogP contribution in [0.3, 0.4) is 0 Å². The Morgan fingerprint density at radius 1 is 1.29 bits per heavy atom. The SMILES string of the molecule is CNCCc1[nH]c(-c2ccc(C)cc2)nc1Cl. The van der Waals surface area contributed by atoms with Crippen LogP contribution in [0.5, 0.6) is 0 Å². The Kier molecular flexibility index (Phi) is 3.82. The third-order valence-corrected chi connectivity index (χ3v) is 2.99. The van der Waals surface area contributed by atoms with Crippen molar-refractivity contribution in [2.75, 3.05) is 13.6 Å². The van der Waals surface area contributed by atoms with E-state index in [1.54, 1.807) is 0 Å². The summed E-state index contributed by atoms with van der Waals surface area (Å²) in [6.45, 7) is 2.95. The van der Waals surface area contributed by atoms with E-state index in [0.717, 1.165) is 30.0 Å². The molecule has 1 aromatic carbocycles. The van der Waals surface area contributed by atoms with E-state index in [0.29, 0.717) is 5.15 Å². The predicted molar refractivity (Wildman–Crippen MR) is 71.4 cm³/mol. The van der Waals surface area contributed by atoms with Crippen LogP contribution in [0.4, 0.5) is 0 Å². The van der Waals surface area contributed by atoms with Crippen molar-refractivity contribution in [3.05, 3.63) is 40.7 Å². The van der Waals surface area contributed by atoms with E-state index in [1.165, 1.54) is 5.56 Å². The van der Waals surface area contributed by atoms with Gasteiger partial charge in [0, 0.05) is 18.5 Å². The van der Waals surface area contributed by atoms with Crippen LogP contribution in [-0.2, 0) is 6.42 Å². The number of halogens is 1. The molecular weight excluding hydrogens is 234 g/mol. The first-order valence-corrected chi connectivity index (χ1v) is 6.04. The van der Waals surface area contributed by atoms with Crippen LogP contribution in [0.1, 0.15) is 11.3 Å². The van der Waals surface area contributed by atoms with E-state index in [9.17, 15) is 0 Å². The number of hydrogen-bond donors (Lipinski definition) is 2. The Hall–Kier alpha value is -1.32. The van der Waals surface area contributed by atoms with Crippen molar-refractivity contribution in [1.82, 2.24) is 15.3 Å². The lowest BCUT2D eigenvalue weighted by Crippen LogP contribution is -2.10. The first-order valence-electron chi connectivity index (χ1n) is 5.66. The molecule has 1 heterocycles. The number of likely N-dealkylation sites (N-methyl/N-ethyl adjacent to an activating group) is 1. The normalized spacial score (nSPS) is 10.8. The van der Waals surface area contributed by atoms with Crippen LogP contribution in [0, 0.1) is 6.92 Å². The van der Waals surface area contributed by atoms with Crippen LogP contribution in [0.2, 0.25) is 5.15 Å². The molecule has 0 bridgehead atoms. The monoisotopic (exact) mass is 249 g/mol. The molecule has 2 N–H and O–H groups in total. The molecule has 4 heteroatoms. The summed E-state index contributed by atoms with van der Waals surface area (Å²) < 4.78 is 0. The highest BCUT2D eigenvalue weighted by atomic mass is 35.5. The average molecular weight is 250 g/mol. The maximum Gasteiger partial charge on any atom is 0.150 e. The van der Waals surface area contributed by atoms with E-state index in [-0.39, 0.29) is 0 Å². The largest absolute Gasteiger partial charge is 0.341 e. The number of nitrogens with one attached hydrogen (secondary N) is 2. The van der Waals surface area contributed by atoms with Gasteiger partial charge in [-0.25, -0.2) is 4.98 Å². The molecule has 2 rings (SSSR count). The summed E-state index contributed by atoms with van der Waals surface area (Å²) in [4.78, 5) is 7.61. The van der Waals surface area contributed by atoms with Gasteiger partial charge in [0.2, 0.25) is 0 Å². The van der Waals surface area contributed by atoms with E-state index in [1.807, 2.05) is 19.2 Å². The fourth-order valence-electron chi connectivity index (χ4n) is 1.65. The highest BCUT2D eigenvalue weighted by Crippen LogP contribution is 2.21. The standard InChI is InChI=1S/C13H16ClN3/c1-9-3-5-10(6-4-9)13-16-11(7-8-15-2)12(14)17-13/h3-6,15H,7-8H2,1-2H3,(H,16,17). The van der Waals surface area contributed by atoms with Gasteiger partial charge >= 0.3 is 0 Å². The zero-order valence-corrected chi connectivity index (χ0v) is 10.8. The Balaban J connectivity index is 2.24. The summed E-state index contributed by atoms with van der Waals surface area (Å²) >= 11 is 6.09. The third kappa shape index (κ3) is 2.87. The highest BCUT2D eigenvalue weighted by molar-refractivity contribution is 6.30. The quantitative estimate of drug-likeness (QED) is 0.875. The zero-order chi connectivity index (χ0) is 12.3. The lowest BCUT2D eigenvalue weighted by molar-refractivity contribution is 0.780. The van der Waals surface area contributed by atoms with E-state index in [4.69, 9.17) is 11.6 Å². The average Bonchev–Trinajstić information content (AvgIpc) is 2.69. The van der Waals surface area contributed by atoms with Crippen molar-refractivity contribution in [3.63, 3.8) is 0 Å². The van der Waals surface area contributed by atoms with Crippen LogP contribution in [0.25, 0.3) is 11.4 Å². The Labute approximate surface area is 106 Å².